The Bertz CT molecular complexity index is 1390. The van der Waals surface area contributed by atoms with Crippen molar-refractivity contribution in [1.82, 2.24) is 10.6 Å². The van der Waals surface area contributed by atoms with Crippen molar-refractivity contribution in [2.45, 2.75) is 43.6 Å². The molecule has 4 nitrogen and oxygen atoms in total. The molecule has 4 aromatic rings. The number of halogens is 5. The molecule has 1 saturated heterocycles. The monoisotopic (exact) mass is 635 g/mol. The topological polar surface area (TPSA) is 70.3 Å². The number of fused-ring (bicyclic) bond motifs is 1. The number of thiophene rings is 1. The lowest BCUT2D eigenvalue weighted by Gasteiger charge is -2.33. The maximum atomic E-state index is 12.0. The zero-order valence-corrected chi connectivity index (χ0v) is 25.3. The summed E-state index contributed by atoms with van der Waals surface area (Å²) < 4.78 is 36.0. The summed E-state index contributed by atoms with van der Waals surface area (Å²) in [6.45, 7) is 3.07. The first-order valence-electron chi connectivity index (χ1n) is 13.7. The van der Waals surface area contributed by atoms with E-state index in [1.807, 2.05) is 47.7 Å². The maximum absolute atomic E-state index is 12.0. The van der Waals surface area contributed by atoms with Crippen molar-refractivity contribution in [3.05, 3.63) is 127 Å². The number of nitrogens with one attached hydrogen (secondary N) is 2. The van der Waals surface area contributed by atoms with Crippen LogP contribution in [-0.4, -0.2) is 24.7 Å². The summed E-state index contributed by atoms with van der Waals surface area (Å²) in [4.78, 5) is 1.51. The van der Waals surface area contributed by atoms with Gasteiger partial charge in [0.15, 0.2) is 0 Å². The lowest BCUT2D eigenvalue weighted by molar-refractivity contribution is -0.137. The fourth-order valence-electron chi connectivity index (χ4n) is 4.92. The van der Waals surface area contributed by atoms with Gasteiger partial charge in [-0.1, -0.05) is 59.6 Å². The third-order valence-corrected chi connectivity index (χ3v) is 8.82. The lowest BCUT2D eigenvalue weighted by Crippen LogP contribution is -2.39. The molecule has 0 aliphatic carbocycles. The van der Waals surface area contributed by atoms with E-state index < -0.39 is 17.3 Å². The van der Waals surface area contributed by atoms with E-state index in [4.69, 9.17) is 28.9 Å². The van der Waals surface area contributed by atoms with Crippen LogP contribution in [0.4, 0.5) is 13.2 Å². The highest BCUT2D eigenvalue weighted by molar-refractivity contribution is 7.10. The van der Waals surface area contributed by atoms with Crippen LogP contribution in [0.3, 0.4) is 0 Å². The van der Waals surface area contributed by atoms with Crippen molar-refractivity contribution < 1.29 is 18.3 Å². The molecule has 3 aromatic carbocycles. The molecule has 2 aliphatic rings. The molecule has 1 unspecified atom stereocenters. The fraction of sp³-hybridized carbons (Fsp3) is 0.312. The number of benzene rings is 3. The Morgan fingerprint density at radius 3 is 2.02 bits per heavy atom. The van der Waals surface area contributed by atoms with Crippen molar-refractivity contribution in [3.63, 3.8) is 0 Å². The lowest BCUT2D eigenvalue weighted by atomic mass is 9.85. The average Bonchev–Trinajstić information content (AvgIpc) is 3.48. The van der Waals surface area contributed by atoms with Gasteiger partial charge in [-0.25, -0.2) is 0 Å². The molecule has 1 fully saturated rings. The standard InChI is InChI=1S/C13H12ClNS.C11H14ClNO.C8H8F3N/c14-10-3-1-9(2-4-10)13-11-6-8-16-12(11)5-7-15-13;12-10-3-1-9(2-4-10)11(14)5-7-13-8-6-11;9-8(10,11)7-3-1-6(5-12)2-4-7/h1-4,6,8,13,15H,5,7H2;1-4,13-14H,5-8H2;1-4H,5,12H2. The van der Waals surface area contributed by atoms with Crippen molar-refractivity contribution in [3.8, 4) is 0 Å². The molecule has 2 aliphatic heterocycles. The molecule has 0 bridgehead atoms. The SMILES string of the molecule is Clc1ccc(C2NCCc3sccc32)cc1.NCc1ccc(C(F)(F)F)cc1.OC1(c2ccc(Cl)cc2)CCNCC1. The van der Waals surface area contributed by atoms with Gasteiger partial charge >= 0.3 is 6.18 Å². The normalized spacial score (nSPS) is 17.6. The Morgan fingerprint density at radius 1 is 0.857 bits per heavy atom. The van der Waals surface area contributed by atoms with Gasteiger partial charge in [0.1, 0.15) is 0 Å². The molecule has 3 heterocycles. The van der Waals surface area contributed by atoms with Gasteiger partial charge < -0.3 is 21.5 Å². The molecular weight excluding hydrogens is 602 g/mol. The van der Waals surface area contributed by atoms with Crippen molar-refractivity contribution in [1.29, 1.82) is 0 Å². The van der Waals surface area contributed by atoms with Crippen LogP contribution in [0.25, 0.3) is 0 Å². The van der Waals surface area contributed by atoms with Crippen LogP contribution >= 0.6 is 34.5 Å². The number of alkyl halides is 3. The molecule has 42 heavy (non-hydrogen) atoms. The number of piperidine rings is 1. The Hall–Kier alpha value is -2.43. The molecule has 6 rings (SSSR count). The number of aliphatic hydroxyl groups is 1. The minimum atomic E-state index is -4.26. The Morgan fingerprint density at radius 2 is 1.45 bits per heavy atom. The molecule has 1 aromatic heterocycles. The molecule has 0 amide bonds. The molecule has 0 spiro atoms. The number of hydrogen-bond acceptors (Lipinski definition) is 5. The van der Waals surface area contributed by atoms with Crippen LogP contribution in [0.2, 0.25) is 10.0 Å². The summed E-state index contributed by atoms with van der Waals surface area (Å²) in [5.41, 5.74) is 8.33. The molecular formula is C32H34Cl2F3N3OS. The second kappa shape index (κ2) is 14.8. The van der Waals surface area contributed by atoms with E-state index in [1.165, 1.54) is 28.1 Å². The van der Waals surface area contributed by atoms with E-state index in [2.05, 4.69) is 34.2 Å². The van der Waals surface area contributed by atoms with Gasteiger partial charge in [-0.05, 0) is 102 Å². The average molecular weight is 637 g/mol. The van der Waals surface area contributed by atoms with Crippen molar-refractivity contribution in [2.75, 3.05) is 19.6 Å². The summed E-state index contributed by atoms with van der Waals surface area (Å²) in [5, 5.41) is 20.8. The molecule has 1 atom stereocenters. The first-order chi connectivity index (χ1) is 20.1. The van der Waals surface area contributed by atoms with Crippen LogP contribution in [0.15, 0.2) is 84.2 Å². The van der Waals surface area contributed by atoms with Crippen molar-refractivity contribution >= 4 is 34.5 Å². The summed E-state index contributed by atoms with van der Waals surface area (Å²) in [5.74, 6) is 0. The fourth-order valence-corrected chi connectivity index (χ4v) is 6.10. The molecule has 0 saturated carbocycles. The highest BCUT2D eigenvalue weighted by atomic mass is 35.5. The predicted molar refractivity (Wildman–Crippen MR) is 166 cm³/mol. The van der Waals surface area contributed by atoms with Gasteiger partial charge in [0, 0.05) is 28.0 Å². The van der Waals surface area contributed by atoms with Gasteiger partial charge in [-0.3, -0.25) is 0 Å². The van der Waals surface area contributed by atoms with E-state index in [1.54, 1.807) is 0 Å². The quantitative estimate of drug-likeness (QED) is 0.186. The third-order valence-electron chi connectivity index (χ3n) is 7.32. The Kier molecular flexibility index (Phi) is 11.5. The van der Waals surface area contributed by atoms with Gasteiger partial charge in [-0.2, -0.15) is 13.2 Å². The molecule has 10 heteroatoms. The summed E-state index contributed by atoms with van der Waals surface area (Å²) in [6, 6.07) is 23.0. The zero-order chi connectivity index (χ0) is 30.2. The van der Waals surface area contributed by atoms with E-state index in [0.29, 0.717) is 16.6 Å². The van der Waals surface area contributed by atoms with Crippen molar-refractivity contribution in [2.24, 2.45) is 5.73 Å². The highest BCUT2D eigenvalue weighted by Gasteiger charge is 2.31. The van der Waals surface area contributed by atoms with Gasteiger partial charge in [0.05, 0.1) is 17.2 Å². The summed E-state index contributed by atoms with van der Waals surface area (Å²) in [6.07, 6.45) is -1.56. The van der Waals surface area contributed by atoms with Crippen LogP contribution in [0.5, 0.6) is 0 Å². The van der Waals surface area contributed by atoms with Crippen LogP contribution < -0.4 is 16.4 Å². The van der Waals surface area contributed by atoms with Gasteiger partial charge in [-0.15, -0.1) is 11.3 Å². The second-order valence-electron chi connectivity index (χ2n) is 10.2. The first kappa shape index (κ1) is 32.5. The van der Waals surface area contributed by atoms with E-state index in [0.717, 1.165) is 61.6 Å². The summed E-state index contributed by atoms with van der Waals surface area (Å²) in [7, 11) is 0. The summed E-state index contributed by atoms with van der Waals surface area (Å²) >= 11 is 13.6. The minimum absolute atomic E-state index is 0.262. The predicted octanol–water partition coefficient (Wildman–Crippen LogP) is 7.71. The van der Waals surface area contributed by atoms with E-state index >= 15 is 0 Å². The largest absolute Gasteiger partial charge is 0.416 e. The zero-order valence-electron chi connectivity index (χ0n) is 22.9. The van der Waals surface area contributed by atoms with Crippen LogP contribution in [-0.2, 0) is 24.7 Å². The smallest absolute Gasteiger partial charge is 0.385 e. The van der Waals surface area contributed by atoms with E-state index in [-0.39, 0.29) is 6.54 Å². The number of rotatable bonds is 3. The van der Waals surface area contributed by atoms with E-state index in [9.17, 15) is 18.3 Å². The molecule has 0 radical (unpaired) electrons. The molecule has 224 valence electrons. The number of hydrogen-bond donors (Lipinski definition) is 4. The highest BCUT2D eigenvalue weighted by Crippen LogP contribution is 2.33. The molecule has 5 N–H and O–H groups in total. The maximum Gasteiger partial charge on any atom is 0.416 e. The number of nitrogens with two attached hydrogens (primary N) is 1. The van der Waals surface area contributed by atoms with Crippen LogP contribution in [0.1, 0.15) is 51.6 Å². The minimum Gasteiger partial charge on any atom is -0.385 e. The van der Waals surface area contributed by atoms with Crippen LogP contribution in [0, 0.1) is 0 Å². The third kappa shape index (κ3) is 8.80. The Labute approximate surface area is 258 Å². The van der Waals surface area contributed by atoms with Gasteiger partial charge in [0.25, 0.3) is 0 Å². The van der Waals surface area contributed by atoms with Gasteiger partial charge in [0.2, 0.25) is 0 Å². The first-order valence-corrected chi connectivity index (χ1v) is 15.3. The Balaban J connectivity index is 0.000000147. The second-order valence-corrected chi connectivity index (χ2v) is 12.0.